The molecule has 0 spiro atoms. The molecule has 4 fully saturated rings. The maximum atomic E-state index is 13.6. The second-order valence-electron chi connectivity index (χ2n) is 14.4. The van der Waals surface area contributed by atoms with Crippen molar-refractivity contribution in [3.05, 3.63) is 23.8 Å². The maximum absolute atomic E-state index is 13.6. The van der Waals surface area contributed by atoms with Crippen molar-refractivity contribution in [2.45, 2.75) is 99.2 Å². The lowest BCUT2D eigenvalue weighted by Crippen LogP contribution is -2.62. The highest BCUT2D eigenvalue weighted by Gasteiger charge is 2.67. The number of ketones is 1. The molecular formula is C32H50O4. The van der Waals surface area contributed by atoms with Gasteiger partial charge in [-0.3, -0.25) is 4.79 Å². The summed E-state index contributed by atoms with van der Waals surface area (Å²) in [5, 5.41) is 21.5. The van der Waals surface area contributed by atoms with Gasteiger partial charge in [-0.15, -0.1) is 0 Å². The number of ether oxygens (including phenoxy) is 1. The molecule has 0 aliphatic heterocycles. The van der Waals surface area contributed by atoms with E-state index in [4.69, 9.17) is 4.74 Å². The van der Waals surface area contributed by atoms with Gasteiger partial charge in [0.1, 0.15) is 0 Å². The van der Waals surface area contributed by atoms with Gasteiger partial charge in [0, 0.05) is 24.2 Å². The molecule has 10 atom stereocenters. The molecule has 2 unspecified atom stereocenters. The van der Waals surface area contributed by atoms with Gasteiger partial charge in [0.05, 0.1) is 0 Å². The average Bonchev–Trinajstić information content (AvgIpc) is 3.22. The van der Waals surface area contributed by atoms with Crippen molar-refractivity contribution in [2.24, 2.45) is 57.2 Å². The summed E-state index contributed by atoms with van der Waals surface area (Å²) >= 11 is 0. The van der Waals surface area contributed by atoms with Crippen molar-refractivity contribution in [2.75, 3.05) is 13.2 Å². The monoisotopic (exact) mass is 498 g/mol. The van der Waals surface area contributed by atoms with Crippen molar-refractivity contribution < 1.29 is 19.7 Å². The standard InChI is InChI=1S/C32H50O4/c1-8-36-28(35)22-17-31(7)24(29(4,5)27(22)34)13-14-30(6)23-12-16-32(18-33)15-11-20(19(2)3)26(32)21(23)9-10-25(30)31/h17,20-21,23-26,28,33,35H,2,8-16,18H2,1,3-7H3/t20-,21-,23?,24-,25-,26+,28?,30-,31-,32+/m0/s1. The number of aliphatic hydroxyl groups excluding tert-OH is 2. The topological polar surface area (TPSA) is 66.8 Å². The molecule has 0 radical (unpaired) electrons. The summed E-state index contributed by atoms with van der Waals surface area (Å²) in [7, 11) is 0. The van der Waals surface area contributed by atoms with Crippen LogP contribution >= 0.6 is 0 Å². The molecule has 5 rings (SSSR count). The zero-order valence-electron chi connectivity index (χ0n) is 23.6. The first kappa shape index (κ1) is 26.6. The lowest BCUT2D eigenvalue weighted by Gasteiger charge is -2.67. The predicted molar refractivity (Wildman–Crippen MR) is 143 cm³/mol. The SMILES string of the molecule is C=C(C)[C@@H]1CC[C@]2(CO)CCC3[C@H](CC[C@@H]4[C@@]5(C)C=C(C(O)OCC)C(=O)C(C)(C)[C@@H]5CC[C@@]34C)[C@@H]12. The predicted octanol–water partition coefficient (Wildman–Crippen LogP) is 6.32. The molecule has 202 valence electrons. The fourth-order valence-corrected chi connectivity index (χ4v) is 11.2. The quantitative estimate of drug-likeness (QED) is 0.344. The minimum absolute atomic E-state index is 0.0591. The van der Waals surface area contributed by atoms with Gasteiger partial charge in [-0.25, -0.2) is 0 Å². The van der Waals surface area contributed by atoms with Gasteiger partial charge in [-0.2, -0.15) is 0 Å². The smallest absolute Gasteiger partial charge is 0.184 e. The summed E-state index contributed by atoms with van der Waals surface area (Å²) < 4.78 is 5.56. The molecule has 0 aromatic heterocycles. The highest BCUT2D eigenvalue weighted by molar-refractivity contribution is 6.01. The average molecular weight is 499 g/mol. The van der Waals surface area contributed by atoms with Crippen molar-refractivity contribution in [3.63, 3.8) is 0 Å². The van der Waals surface area contributed by atoms with E-state index in [1.54, 1.807) is 0 Å². The molecule has 0 aromatic rings. The Kier molecular flexibility index (Phi) is 6.49. The summed E-state index contributed by atoms with van der Waals surface area (Å²) in [5.74, 6) is 3.20. The molecule has 0 aromatic carbocycles. The number of fused-ring (bicyclic) bond motifs is 7. The molecule has 36 heavy (non-hydrogen) atoms. The molecule has 0 saturated heterocycles. The van der Waals surface area contributed by atoms with E-state index in [-0.39, 0.29) is 27.9 Å². The van der Waals surface area contributed by atoms with Crippen LogP contribution in [0.5, 0.6) is 0 Å². The van der Waals surface area contributed by atoms with Crippen molar-refractivity contribution in [3.8, 4) is 0 Å². The Morgan fingerprint density at radius 3 is 2.42 bits per heavy atom. The third kappa shape index (κ3) is 3.46. The van der Waals surface area contributed by atoms with Crippen molar-refractivity contribution in [1.82, 2.24) is 0 Å². The Balaban J connectivity index is 1.55. The van der Waals surface area contributed by atoms with Crippen LogP contribution in [-0.2, 0) is 9.53 Å². The van der Waals surface area contributed by atoms with E-state index in [0.717, 1.165) is 25.7 Å². The van der Waals surface area contributed by atoms with Crippen molar-refractivity contribution >= 4 is 5.78 Å². The van der Waals surface area contributed by atoms with Gasteiger partial charge in [0.2, 0.25) is 0 Å². The highest BCUT2D eigenvalue weighted by atomic mass is 16.6. The number of hydrogen-bond acceptors (Lipinski definition) is 4. The van der Waals surface area contributed by atoms with Crippen LogP contribution in [0.4, 0.5) is 0 Å². The number of aliphatic hydroxyl groups is 2. The van der Waals surface area contributed by atoms with Crippen LogP contribution in [-0.4, -0.2) is 35.5 Å². The first-order chi connectivity index (χ1) is 16.9. The van der Waals surface area contributed by atoms with E-state index in [9.17, 15) is 15.0 Å². The van der Waals surface area contributed by atoms with Gasteiger partial charge < -0.3 is 14.9 Å². The largest absolute Gasteiger partial charge is 0.396 e. The minimum atomic E-state index is -1.14. The second kappa shape index (κ2) is 8.78. The van der Waals surface area contributed by atoms with Crippen molar-refractivity contribution in [1.29, 1.82) is 0 Å². The third-order valence-electron chi connectivity index (χ3n) is 12.7. The fraction of sp³-hybridized carbons (Fsp3) is 0.844. The summed E-state index contributed by atoms with van der Waals surface area (Å²) in [6, 6.07) is 0. The summed E-state index contributed by atoms with van der Waals surface area (Å²) in [5.41, 5.74) is 1.43. The third-order valence-corrected chi connectivity index (χ3v) is 12.7. The Labute approximate surface area is 219 Å². The summed E-state index contributed by atoms with van der Waals surface area (Å²) in [4.78, 5) is 13.6. The molecule has 5 aliphatic rings. The molecular weight excluding hydrogens is 448 g/mol. The van der Waals surface area contributed by atoms with Crippen LogP contribution < -0.4 is 0 Å². The van der Waals surface area contributed by atoms with Gasteiger partial charge in [-0.1, -0.05) is 45.9 Å². The number of Topliss-reactive ketones (excluding diaryl/α,β-unsaturated/α-hetero) is 1. The van der Waals surface area contributed by atoms with Gasteiger partial charge in [0.15, 0.2) is 12.1 Å². The van der Waals surface area contributed by atoms with E-state index in [0.29, 0.717) is 48.4 Å². The molecule has 0 amide bonds. The lowest BCUT2D eigenvalue weighted by molar-refractivity contribution is -0.182. The number of carbonyl (C=O) groups excluding carboxylic acids is 1. The maximum Gasteiger partial charge on any atom is 0.184 e. The summed E-state index contributed by atoms with van der Waals surface area (Å²) in [6.07, 6.45) is 10.3. The summed E-state index contributed by atoms with van der Waals surface area (Å²) in [6.45, 7) is 18.3. The molecule has 4 nitrogen and oxygen atoms in total. The molecule has 4 heteroatoms. The Hall–Kier alpha value is -0.970. The number of allylic oxidation sites excluding steroid dienone is 2. The van der Waals surface area contributed by atoms with Gasteiger partial charge >= 0.3 is 0 Å². The van der Waals surface area contributed by atoms with Gasteiger partial charge in [-0.05, 0) is 117 Å². The number of carbonyl (C=O) groups is 1. The van der Waals surface area contributed by atoms with E-state index in [1.807, 2.05) is 6.92 Å². The Morgan fingerprint density at radius 2 is 1.78 bits per heavy atom. The van der Waals surface area contributed by atoms with Crippen LogP contribution in [0.2, 0.25) is 0 Å². The normalized spacial score (nSPS) is 48.2. The number of hydrogen-bond donors (Lipinski definition) is 2. The lowest BCUT2D eigenvalue weighted by atomic mass is 9.36. The first-order valence-electron chi connectivity index (χ1n) is 14.7. The molecule has 4 saturated carbocycles. The van der Waals surface area contributed by atoms with E-state index < -0.39 is 11.7 Å². The van der Waals surface area contributed by atoms with E-state index in [2.05, 4.69) is 47.3 Å². The Morgan fingerprint density at radius 1 is 1.08 bits per heavy atom. The second-order valence-corrected chi connectivity index (χ2v) is 14.4. The molecule has 5 aliphatic carbocycles. The minimum Gasteiger partial charge on any atom is -0.396 e. The van der Waals surface area contributed by atoms with Gasteiger partial charge in [0.25, 0.3) is 0 Å². The first-order valence-corrected chi connectivity index (χ1v) is 14.7. The molecule has 0 bridgehead atoms. The number of rotatable bonds is 5. The zero-order valence-corrected chi connectivity index (χ0v) is 23.6. The molecule has 0 heterocycles. The highest BCUT2D eigenvalue weighted by Crippen LogP contribution is 2.73. The fourth-order valence-electron chi connectivity index (χ4n) is 11.2. The van der Waals surface area contributed by atoms with Crippen LogP contribution in [0.3, 0.4) is 0 Å². The van der Waals surface area contributed by atoms with Crippen LogP contribution in [0.25, 0.3) is 0 Å². The Bertz CT molecular complexity index is 950. The zero-order chi connectivity index (χ0) is 26.3. The van der Waals surface area contributed by atoms with Crippen LogP contribution in [0, 0.1) is 57.2 Å². The van der Waals surface area contributed by atoms with E-state index in [1.165, 1.54) is 31.3 Å². The van der Waals surface area contributed by atoms with Crippen LogP contribution in [0.1, 0.15) is 92.9 Å². The van der Waals surface area contributed by atoms with E-state index >= 15 is 0 Å². The van der Waals surface area contributed by atoms with Crippen LogP contribution in [0.15, 0.2) is 23.8 Å². The molecule has 2 N–H and O–H groups in total.